The third kappa shape index (κ3) is 3.41. The summed E-state index contributed by atoms with van der Waals surface area (Å²) in [6.45, 7) is 9.03. The first-order valence-corrected chi connectivity index (χ1v) is 8.00. The van der Waals surface area contributed by atoms with E-state index in [1.165, 1.54) is 0 Å². The van der Waals surface area contributed by atoms with E-state index in [2.05, 4.69) is 46.8 Å². The molecule has 2 aromatic heterocycles. The van der Waals surface area contributed by atoms with Crippen molar-refractivity contribution in [3.63, 3.8) is 0 Å². The third-order valence-electron chi connectivity index (χ3n) is 4.10. The number of imidazole rings is 1. The summed E-state index contributed by atoms with van der Waals surface area (Å²) in [4.78, 5) is 25.2. The summed E-state index contributed by atoms with van der Waals surface area (Å²) in [6.07, 6.45) is 5.50. The number of hydrogen-bond donors (Lipinski definition) is 1. The van der Waals surface area contributed by atoms with E-state index in [4.69, 9.17) is 4.98 Å². The van der Waals surface area contributed by atoms with Gasteiger partial charge in [-0.2, -0.15) is 0 Å². The maximum atomic E-state index is 12.3. The van der Waals surface area contributed by atoms with Crippen LogP contribution < -0.4 is 5.32 Å². The molecule has 3 heterocycles. The Morgan fingerprint density at radius 2 is 2.13 bits per heavy atom. The summed E-state index contributed by atoms with van der Waals surface area (Å²) in [6, 6.07) is 1.75. The molecule has 0 saturated heterocycles. The van der Waals surface area contributed by atoms with Crippen LogP contribution in [-0.4, -0.2) is 31.5 Å². The highest BCUT2D eigenvalue weighted by atomic mass is 16.1. The molecule has 6 heteroatoms. The molecule has 2 aromatic rings. The average molecular weight is 313 g/mol. The average Bonchev–Trinajstić information content (AvgIpc) is 2.90. The van der Waals surface area contributed by atoms with Crippen LogP contribution in [0.5, 0.6) is 0 Å². The first-order chi connectivity index (χ1) is 10.8. The van der Waals surface area contributed by atoms with E-state index in [9.17, 15) is 4.79 Å². The topological polar surface area (TPSA) is 72.7 Å². The van der Waals surface area contributed by atoms with Crippen molar-refractivity contribution >= 4 is 5.91 Å². The van der Waals surface area contributed by atoms with Crippen LogP contribution >= 0.6 is 0 Å². The van der Waals surface area contributed by atoms with E-state index in [0.29, 0.717) is 11.5 Å². The first kappa shape index (κ1) is 15.6. The summed E-state index contributed by atoms with van der Waals surface area (Å²) < 4.78 is 2.17. The minimum atomic E-state index is -0.139. The Hall–Kier alpha value is -2.24. The largest absolute Gasteiger partial charge is 0.346 e. The van der Waals surface area contributed by atoms with Gasteiger partial charge in [0.15, 0.2) is 0 Å². The number of hydrogen-bond acceptors (Lipinski definition) is 4. The van der Waals surface area contributed by atoms with Crippen LogP contribution in [0.3, 0.4) is 0 Å². The van der Waals surface area contributed by atoms with Gasteiger partial charge in [-0.25, -0.2) is 15.0 Å². The second kappa shape index (κ2) is 5.76. The van der Waals surface area contributed by atoms with E-state index in [1.54, 1.807) is 19.2 Å². The molecule has 0 fully saturated rings. The van der Waals surface area contributed by atoms with Gasteiger partial charge in [0.25, 0.3) is 5.91 Å². The molecule has 122 valence electrons. The number of carbonyl (C=O) groups excluding carboxylic acids is 1. The summed E-state index contributed by atoms with van der Waals surface area (Å²) in [5.41, 5.74) is 1.57. The van der Waals surface area contributed by atoms with Gasteiger partial charge in [-0.05, 0) is 19.4 Å². The minimum Gasteiger partial charge on any atom is -0.346 e. The predicted octanol–water partition coefficient (Wildman–Crippen LogP) is 2.02. The van der Waals surface area contributed by atoms with Gasteiger partial charge in [-0.15, -0.1) is 0 Å². The lowest BCUT2D eigenvalue weighted by molar-refractivity contribution is 0.0922. The minimum absolute atomic E-state index is 0.0432. The molecule has 1 aliphatic rings. The molecule has 6 nitrogen and oxygen atoms in total. The van der Waals surface area contributed by atoms with Crippen LogP contribution in [-0.2, 0) is 18.4 Å². The van der Waals surface area contributed by atoms with Gasteiger partial charge < -0.3 is 9.88 Å². The summed E-state index contributed by atoms with van der Waals surface area (Å²) >= 11 is 0. The lowest BCUT2D eigenvalue weighted by Crippen LogP contribution is -2.41. The molecule has 0 saturated carbocycles. The number of aryl methyl sites for hydroxylation is 2. The van der Waals surface area contributed by atoms with Crippen molar-refractivity contribution in [2.45, 2.75) is 58.5 Å². The van der Waals surface area contributed by atoms with Gasteiger partial charge in [0.1, 0.15) is 17.3 Å². The number of nitrogens with zero attached hydrogens (tertiary/aromatic N) is 4. The molecule has 23 heavy (non-hydrogen) atoms. The van der Waals surface area contributed by atoms with Gasteiger partial charge in [-0.1, -0.05) is 20.8 Å². The van der Waals surface area contributed by atoms with Crippen LogP contribution in [0, 0.1) is 6.92 Å². The molecule has 0 spiro atoms. The number of fused-ring (bicyclic) bond motifs is 1. The monoisotopic (exact) mass is 313 g/mol. The number of carbonyl (C=O) groups is 1. The molecule has 1 atom stereocenters. The standard InChI is InChI=1S/C17H23N5O/c1-11-18-8-7-13(19-11)16(23)20-12-5-6-15-21-14(17(2,3)4)10-22(15)9-12/h7-8,10,12H,5-6,9H2,1-4H3,(H,20,23)/t12-/m1/s1. The zero-order valence-corrected chi connectivity index (χ0v) is 14.1. The van der Waals surface area contributed by atoms with Crippen molar-refractivity contribution in [1.29, 1.82) is 0 Å². The predicted molar refractivity (Wildman–Crippen MR) is 87.3 cm³/mol. The second-order valence-electron chi connectivity index (χ2n) is 7.14. The second-order valence-corrected chi connectivity index (χ2v) is 7.14. The SMILES string of the molecule is Cc1nccc(C(=O)N[C@@H]2CCc3nc(C(C)(C)C)cn3C2)n1. The van der Waals surface area contributed by atoms with Crippen molar-refractivity contribution in [3.8, 4) is 0 Å². The smallest absolute Gasteiger partial charge is 0.270 e. The van der Waals surface area contributed by atoms with Crippen LogP contribution in [0.15, 0.2) is 18.5 Å². The summed E-state index contributed by atoms with van der Waals surface area (Å²) in [5, 5.41) is 3.07. The normalized spacial score (nSPS) is 17.7. The van der Waals surface area contributed by atoms with Crippen LogP contribution in [0.4, 0.5) is 0 Å². The molecule has 1 N–H and O–H groups in total. The van der Waals surface area contributed by atoms with Gasteiger partial charge in [0.2, 0.25) is 0 Å². The van der Waals surface area contributed by atoms with Crippen molar-refractivity contribution in [2.75, 3.05) is 0 Å². The number of amides is 1. The fourth-order valence-electron chi connectivity index (χ4n) is 2.77. The number of aromatic nitrogens is 4. The van der Waals surface area contributed by atoms with Crippen LogP contribution in [0.2, 0.25) is 0 Å². The van der Waals surface area contributed by atoms with Crippen molar-refractivity contribution in [2.24, 2.45) is 0 Å². The summed E-state index contributed by atoms with van der Waals surface area (Å²) in [7, 11) is 0. The Balaban J connectivity index is 1.70. The highest BCUT2D eigenvalue weighted by molar-refractivity contribution is 5.92. The maximum absolute atomic E-state index is 12.3. The molecule has 0 radical (unpaired) electrons. The molecular formula is C17H23N5O. The maximum Gasteiger partial charge on any atom is 0.270 e. The Morgan fingerprint density at radius 3 is 2.83 bits per heavy atom. The molecule has 0 unspecified atom stereocenters. The Kier molecular flexibility index (Phi) is 3.92. The lowest BCUT2D eigenvalue weighted by atomic mass is 9.93. The Morgan fingerprint density at radius 1 is 1.35 bits per heavy atom. The van der Waals surface area contributed by atoms with Crippen LogP contribution in [0.1, 0.15) is 55.0 Å². The van der Waals surface area contributed by atoms with Crippen molar-refractivity contribution in [3.05, 3.63) is 41.5 Å². The first-order valence-electron chi connectivity index (χ1n) is 8.00. The van der Waals surface area contributed by atoms with E-state index < -0.39 is 0 Å². The highest BCUT2D eigenvalue weighted by Crippen LogP contribution is 2.24. The lowest BCUT2D eigenvalue weighted by Gasteiger charge is -2.24. The van der Waals surface area contributed by atoms with E-state index in [1.807, 2.05) is 0 Å². The Labute approximate surface area is 136 Å². The van der Waals surface area contributed by atoms with Gasteiger partial charge >= 0.3 is 0 Å². The van der Waals surface area contributed by atoms with E-state index in [0.717, 1.165) is 30.9 Å². The van der Waals surface area contributed by atoms with Gasteiger partial charge in [0, 0.05) is 36.8 Å². The molecule has 1 aliphatic heterocycles. The number of nitrogens with one attached hydrogen (secondary N) is 1. The Bertz CT molecular complexity index is 729. The molecule has 3 rings (SSSR count). The fraction of sp³-hybridized carbons (Fsp3) is 0.529. The quantitative estimate of drug-likeness (QED) is 0.920. The molecule has 0 aromatic carbocycles. The van der Waals surface area contributed by atoms with Crippen molar-refractivity contribution in [1.82, 2.24) is 24.8 Å². The van der Waals surface area contributed by atoms with Crippen LogP contribution in [0.25, 0.3) is 0 Å². The fourth-order valence-corrected chi connectivity index (χ4v) is 2.77. The zero-order chi connectivity index (χ0) is 16.6. The molecule has 0 bridgehead atoms. The van der Waals surface area contributed by atoms with Crippen molar-refractivity contribution < 1.29 is 4.79 Å². The highest BCUT2D eigenvalue weighted by Gasteiger charge is 2.25. The van der Waals surface area contributed by atoms with E-state index >= 15 is 0 Å². The van der Waals surface area contributed by atoms with Gasteiger partial charge in [-0.3, -0.25) is 4.79 Å². The number of rotatable bonds is 2. The molecular weight excluding hydrogens is 290 g/mol. The summed E-state index contributed by atoms with van der Waals surface area (Å²) in [5.74, 6) is 1.58. The zero-order valence-electron chi connectivity index (χ0n) is 14.1. The third-order valence-corrected chi connectivity index (χ3v) is 4.10. The molecule has 0 aliphatic carbocycles. The van der Waals surface area contributed by atoms with E-state index in [-0.39, 0.29) is 17.4 Å². The van der Waals surface area contributed by atoms with Gasteiger partial charge in [0.05, 0.1) is 5.69 Å². The molecule has 1 amide bonds.